The fourth-order valence-electron chi connectivity index (χ4n) is 3.48. The van der Waals surface area contributed by atoms with Crippen LogP contribution < -0.4 is 10.6 Å². The number of carboxylic acid groups (broad SMARTS) is 1. The first-order chi connectivity index (χ1) is 14.4. The zero-order valence-electron chi connectivity index (χ0n) is 16.8. The van der Waals surface area contributed by atoms with Crippen LogP contribution in [0.15, 0.2) is 48.5 Å². The Labute approximate surface area is 174 Å². The standard InChI is InChI=1S/C22H24N2O6/c1-13(21(26)27)24-20(25)19(29-2)11-23-22(28)30-12-18-16-9-5-3-7-14(16)15-8-4-6-10-17(15)18/h3-10,13,18-19H,11-12H2,1-2H3,(H,23,28)(H,24,25)(H,26,27). The molecule has 1 aliphatic carbocycles. The number of aliphatic carboxylic acids is 1. The monoisotopic (exact) mass is 412 g/mol. The third kappa shape index (κ3) is 4.60. The predicted molar refractivity (Wildman–Crippen MR) is 109 cm³/mol. The molecule has 2 aromatic rings. The van der Waals surface area contributed by atoms with Crippen LogP contribution in [0.4, 0.5) is 4.79 Å². The van der Waals surface area contributed by atoms with Crippen molar-refractivity contribution in [2.45, 2.75) is 25.0 Å². The van der Waals surface area contributed by atoms with Gasteiger partial charge in [-0.05, 0) is 29.2 Å². The maximum absolute atomic E-state index is 12.2. The molecule has 0 bridgehead atoms. The van der Waals surface area contributed by atoms with Gasteiger partial charge in [-0.1, -0.05) is 48.5 Å². The van der Waals surface area contributed by atoms with E-state index in [-0.39, 0.29) is 19.1 Å². The molecular weight excluding hydrogens is 388 g/mol. The lowest BCUT2D eigenvalue weighted by molar-refractivity contribution is -0.143. The van der Waals surface area contributed by atoms with E-state index in [1.807, 2.05) is 48.5 Å². The summed E-state index contributed by atoms with van der Waals surface area (Å²) in [5, 5.41) is 13.7. The Morgan fingerprint density at radius 3 is 2.13 bits per heavy atom. The van der Waals surface area contributed by atoms with E-state index in [4.69, 9.17) is 14.6 Å². The van der Waals surface area contributed by atoms with E-state index < -0.39 is 30.1 Å². The number of methoxy groups -OCH3 is 1. The number of ether oxygens (including phenoxy) is 2. The Balaban J connectivity index is 1.56. The van der Waals surface area contributed by atoms with E-state index in [2.05, 4.69) is 10.6 Å². The topological polar surface area (TPSA) is 114 Å². The zero-order valence-corrected chi connectivity index (χ0v) is 16.8. The molecule has 1 aliphatic rings. The summed E-state index contributed by atoms with van der Waals surface area (Å²) in [7, 11) is 1.30. The van der Waals surface area contributed by atoms with Crippen LogP contribution in [-0.4, -0.2) is 55.5 Å². The lowest BCUT2D eigenvalue weighted by Crippen LogP contribution is -2.48. The second kappa shape index (κ2) is 9.41. The highest BCUT2D eigenvalue weighted by Gasteiger charge is 2.29. The molecule has 3 rings (SSSR count). The van der Waals surface area contributed by atoms with Crippen LogP contribution in [0.2, 0.25) is 0 Å². The molecule has 2 aromatic carbocycles. The number of amides is 2. The fourth-order valence-corrected chi connectivity index (χ4v) is 3.48. The number of fused-ring (bicyclic) bond motifs is 3. The first-order valence-electron chi connectivity index (χ1n) is 9.57. The molecule has 8 nitrogen and oxygen atoms in total. The Bertz CT molecular complexity index is 899. The summed E-state index contributed by atoms with van der Waals surface area (Å²) >= 11 is 0. The Morgan fingerprint density at radius 2 is 1.60 bits per heavy atom. The fraction of sp³-hybridized carbons (Fsp3) is 0.318. The van der Waals surface area contributed by atoms with Gasteiger partial charge in [0.15, 0.2) is 6.10 Å². The molecule has 0 radical (unpaired) electrons. The van der Waals surface area contributed by atoms with E-state index in [0.29, 0.717) is 0 Å². The Morgan fingerprint density at radius 1 is 1.03 bits per heavy atom. The SMILES string of the molecule is COC(CNC(=O)OCC1c2ccccc2-c2ccccc21)C(=O)NC(C)C(=O)O. The van der Waals surface area contributed by atoms with Gasteiger partial charge in [0, 0.05) is 13.0 Å². The summed E-state index contributed by atoms with van der Waals surface area (Å²) < 4.78 is 10.4. The maximum atomic E-state index is 12.2. The number of nitrogens with one attached hydrogen (secondary N) is 2. The molecular formula is C22H24N2O6. The second-order valence-corrected chi connectivity index (χ2v) is 7.00. The number of rotatable bonds is 8. The molecule has 0 aromatic heterocycles. The summed E-state index contributed by atoms with van der Waals surface area (Å²) in [4.78, 5) is 35.1. The normalized spacial score (nSPS) is 14.2. The van der Waals surface area contributed by atoms with E-state index >= 15 is 0 Å². The van der Waals surface area contributed by atoms with E-state index in [9.17, 15) is 14.4 Å². The molecule has 30 heavy (non-hydrogen) atoms. The summed E-state index contributed by atoms with van der Waals surface area (Å²) in [6.45, 7) is 1.34. The summed E-state index contributed by atoms with van der Waals surface area (Å²) in [5.41, 5.74) is 4.46. The van der Waals surface area contributed by atoms with Crippen LogP contribution in [0.1, 0.15) is 24.0 Å². The summed E-state index contributed by atoms with van der Waals surface area (Å²) in [6, 6.07) is 15.0. The van der Waals surface area contributed by atoms with Gasteiger partial charge in [0.1, 0.15) is 12.6 Å². The summed E-state index contributed by atoms with van der Waals surface area (Å²) in [6.07, 6.45) is -1.72. The number of carbonyl (C=O) groups is 3. The van der Waals surface area contributed by atoms with Crippen molar-refractivity contribution in [3.8, 4) is 11.1 Å². The first kappa shape index (κ1) is 21.3. The lowest BCUT2D eigenvalue weighted by atomic mass is 9.98. The van der Waals surface area contributed by atoms with Crippen molar-refractivity contribution >= 4 is 18.0 Å². The predicted octanol–water partition coefficient (Wildman–Crippen LogP) is 2.13. The Kier molecular flexibility index (Phi) is 6.68. The van der Waals surface area contributed by atoms with Crippen molar-refractivity contribution in [2.75, 3.05) is 20.3 Å². The molecule has 3 N–H and O–H groups in total. The van der Waals surface area contributed by atoms with Crippen molar-refractivity contribution in [3.05, 3.63) is 59.7 Å². The van der Waals surface area contributed by atoms with Gasteiger partial charge in [0.05, 0.1) is 6.54 Å². The van der Waals surface area contributed by atoms with Crippen LogP contribution in [0.5, 0.6) is 0 Å². The van der Waals surface area contributed by atoms with Gasteiger partial charge in [-0.15, -0.1) is 0 Å². The van der Waals surface area contributed by atoms with Gasteiger partial charge in [-0.25, -0.2) is 4.79 Å². The average molecular weight is 412 g/mol. The minimum Gasteiger partial charge on any atom is -0.480 e. The second-order valence-electron chi connectivity index (χ2n) is 7.00. The number of hydrogen-bond donors (Lipinski definition) is 3. The van der Waals surface area contributed by atoms with Gasteiger partial charge in [-0.3, -0.25) is 9.59 Å². The largest absolute Gasteiger partial charge is 0.480 e. The van der Waals surface area contributed by atoms with Crippen molar-refractivity contribution in [3.63, 3.8) is 0 Å². The number of carboxylic acids is 1. The molecule has 2 unspecified atom stereocenters. The van der Waals surface area contributed by atoms with Crippen LogP contribution in [0, 0.1) is 0 Å². The quantitative estimate of drug-likeness (QED) is 0.612. The lowest BCUT2D eigenvalue weighted by Gasteiger charge is -2.18. The minimum atomic E-state index is -1.16. The summed E-state index contributed by atoms with van der Waals surface area (Å²) in [5.74, 6) is -1.87. The number of carbonyl (C=O) groups excluding carboxylic acids is 2. The smallest absolute Gasteiger partial charge is 0.407 e. The van der Waals surface area contributed by atoms with Crippen molar-refractivity contribution in [1.82, 2.24) is 10.6 Å². The zero-order chi connectivity index (χ0) is 21.7. The van der Waals surface area contributed by atoms with Gasteiger partial charge in [0.25, 0.3) is 5.91 Å². The number of hydrogen-bond acceptors (Lipinski definition) is 5. The van der Waals surface area contributed by atoms with Gasteiger partial charge in [-0.2, -0.15) is 0 Å². The molecule has 0 fully saturated rings. The molecule has 0 aliphatic heterocycles. The first-order valence-corrected chi connectivity index (χ1v) is 9.57. The van der Waals surface area contributed by atoms with Crippen molar-refractivity contribution in [2.24, 2.45) is 0 Å². The third-order valence-electron chi connectivity index (χ3n) is 5.08. The van der Waals surface area contributed by atoms with Gasteiger partial charge < -0.3 is 25.2 Å². The highest BCUT2D eigenvalue weighted by Crippen LogP contribution is 2.44. The molecule has 8 heteroatoms. The van der Waals surface area contributed by atoms with Crippen LogP contribution >= 0.6 is 0 Å². The third-order valence-corrected chi connectivity index (χ3v) is 5.08. The number of benzene rings is 2. The maximum Gasteiger partial charge on any atom is 0.407 e. The highest BCUT2D eigenvalue weighted by atomic mass is 16.5. The van der Waals surface area contributed by atoms with Crippen LogP contribution in [0.3, 0.4) is 0 Å². The minimum absolute atomic E-state index is 0.0684. The number of alkyl carbamates (subject to hydrolysis) is 1. The average Bonchev–Trinajstić information content (AvgIpc) is 3.06. The van der Waals surface area contributed by atoms with Crippen LogP contribution in [-0.2, 0) is 19.1 Å². The molecule has 0 saturated heterocycles. The highest BCUT2D eigenvalue weighted by molar-refractivity contribution is 5.86. The van der Waals surface area contributed by atoms with Crippen molar-refractivity contribution < 1.29 is 29.0 Å². The van der Waals surface area contributed by atoms with Crippen molar-refractivity contribution in [1.29, 1.82) is 0 Å². The van der Waals surface area contributed by atoms with E-state index in [1.165, 1.54) is 14.0 Å². The molecule has 0 saturated carbocycles. The van der Waals surface area contributed by atoms with Gasteiger partial charge >= 0.3 is 12.1 Å². The molecule has 2 amide bonds. The van der Waals surface area contributed by atoms with E-state index in [1.54, 1.807) is 0 Å². The molecule has 2 atom stereocenters. The molecule has 0 spiro atoms. The van der Waals surface area contributed by atoms with Crippen LogP contribution in [0.25, 0.3) is 11.1 Å². The molecule has 158 valence electrons. The Hall–Kier alpha value is -3.39. The van der Waals surface area contributed by atoms with Gasteiger partial charge in [0.2, 0.25) is 0 Å². The molecule has 0 heterocycles. The van der Waals surface area contributed by atoms with E-state index in [0.717, 1.165) is 22.3 Å².